The van der Waals surface area contributed by atoms with Crippen LogP contribution in [-0.4, -0.2) is 0 Å². The normalized spacial score (nSPS) is 24.7. The van der Waals surface area contributed by atoms with Crippen LogP contribution in [0.2, 0.25) is 0 Å². The molecule has 2 rings (SSSR count). The Morgan fingerprint density at radius 2 is 0.852 bits per heavy atom. The Labute approximate surface area is 172 Å². The van der Waals surface area contributed by atoms with Crippen molar-refractivity contribution in [3.05, 3.63) is 23.3 Å². The van der Waals surface area contributed by atoms with Gasteiger partial charge in [-0.15, -0.1) is 0 Å². The predicted octanol–water partition coefficient (Wildman–Crippen LogP) is 9.22. The van der Waals surface area contributed by atoms with Crippen LogP contribution < -0.4 is 0 Å². The van der Waals surface area contributed by atoms with E-state index in [2.05, 4.69) is 95.2 Å². The lowest BCUT2D eigenvalue weighted by Crippen LogP contribution is -2.36. The highest BCUT2D eigenvalue weighted by atomic mass is 14.4. The van der Waals surface area contributed by atoms with Crippen LogP contribution in [0.15, 0.2) is 23.3 Å². The average molecular weight is 375 g/mol. The molecular weight excluding hydrogens is 324 g/mol. The molecule has 0 heterocycles. The third kappa shape index (κ3) is 7.10. The van der Waals surface area contributed by atoms with Gasteiger partial charge in [-0.3, -0.25) is 0 Å². The standard InChI is InChI=1S/C14H26.C13H24/c1-13(2,3)11-9-7-8-10-12(11)14(4,5)6;1-12(2,3)10-8-7-9-11(10)13(4,5)6/h7-8,11-12H,9-10H2,1-6H3;7-9H2,1-6H3. The number of hydrogen-bond donors (Lipinski definition) is 0. The fourth-order valence-corrected chi connectivity index (χ4v) is 5.13. The highest BCUT2D eigenvalue weighted by Crippen LogP contribution is 2.47. The lowest BCUT2D eigenvalue weighted by atomic mass is 9.60. The quantitative estimate of drug-likeness (QED) is 0.370. The molecule has 2 atom stereocenters. The fraction of sp³-hybridized carbons (Fsp3) is 0.852. The largest absolute Gasteiger partial charge is 0.0882 e. The lowest BCUT2D eigenvalue weighted by molar-refractivity contribution is 0.0691. The molecule has 0 aromatic carbocycles. The molecule has 2 aliphatic rings. The maximum Gasteiger partial charge on any atom is -0.0170 e. The van der Waals surface area contributed by atoms with E-state index in [0.29, 0.717) is 21.7 Å². The summed E-state index contributed by atoms with van der Waals surface area (Å²) >= 11 is 0. The molecule has 2 aliphatic carbocycles. The Balaban J connectivity index is 0.000000271. The van der Waals surface area contributed by atoms with Crippen molar-refractivity contribution in [2.45, 2.75) is 115 Å². The van der Waals surface area contributed by atoms with E-state index >= 15 is 0 Å². The summed E-state index contributed by atoms with van der Waals surface area (Å²) in [5.74, 6) is 1.68. The van der Waals surface area contributed by atoms with Crippen molar-refractivity contribution in [1.29, 1.82) is 0 Å². The highest BCUT2D eigenvalue weighted by Gasteiger charge is 2.38. The summed E-state index contributed by atoms with van der Waals surface area (Å²) in [6, 6.07) is 0. The zero-order chi connectivity index (χ0) is 21.3. The van der Waals surface area contributed by atoms with Crippen molar-refractivity contribution < 1.29 is 0 Å². The van der Waals surface area contributed by atoms with Gasteiger partial charge in [0.1, 0.15) is 0 Å². The van der Waals surface area contributed by atoms with Crippen molar-refractivity contribution in [3.63, 3.8) is 0 Å². The Morgan fingerprint density at radius 1 is 0.556 bits per heavy atom. The van der Waals surface area contributed by atoms with Crippen LogP contribution in [-0.2, 0) is 0 Å². The van der Waals surface area contributed by atoms with E-state index in [1.807, 2.05) is 0 Å². The molecule has 0 heteroatoms. The molecule has 0 aliphatic heterocycles. The smallest absolute Gasteiger partial charge is 0.0170 e. The van der Waals surface area contributed by atoms with Gasteiger partial charge in [0, 0.05) is 0 Å². The first-order valence-electron chi connectivity index (χ1n) is 11.3. The third-order valence-electron chi connectivity index (χ3n) is 6.69. The molecule has 0 saturated heterocycles. The minimum absolute atomic E-state index is 0.388. The molecule has 0 saturated carbocycles. The molecule has 0 nitrogen and oxygen atoms in total. The molecule has 2 unspecified atom stereocenters. The third-order valence-corrected chi connectivity index (χ3v) is 6.69. The monoisotopic (exact) mass is 374 g/mol. The summed E-state index contributed by atoms with van der Waals surface area (Å²) in [6.45, 7) is 28.4. The Hall–Kier alpha value is -0.520. The van der Waals surface area contributed by atoms with E-state index in [9.17, 15) is 0 Å². The van der Waals surface area contributed by atoms with Gasteiger partial charge in [0.25, 0.3) is 0 Å². The van der Waals surface area contributed by atoms with Gasteiger partial charge in [-0.25, -0.2) is 0 Å². The van der Waals surface area contributed by atoms with E-state index in [-0.39, 0.29) is 0 Å². The maximum atomic E-state index is 2.38. The first kappa shape index (κ1) is 24.5. The first-order chi connectivity index (χ1) is 12.0. The minimum Gasteiger partial charge on any atom is -0.0882 e. The van der Waals surface area contributed by atoms with E-state index in [4.69, 9.17) is 0 Å². The van der Waals surface area contributed by atoms with Gasteiger partial charge < -0.3 is 0 Å². The summed E-state index contributed by atoms with van der Waals surface area (Å²) in [5.41, 5.74) is 5.11. The Bertz CT molecular complexity index is 481. The van der Waals surface area contributed by atoms with E-state index < -0.39 is 0 Å². The maximum absolute atomic E-state index is 2.38. The Morgan fingerprint density at radius 3 is 1.07 bits per heavy atom. The molecule has 0 aromatic rings. The second-order valence-electron chi connectivity index (χ2n) is 13.2. The fourth-order valence-electron chi connectivity index (χ4n) is 5.13. The number of hydrogen-bond acceptors (Lipinski definition) is 0. The van der Waals surface area contributed by atoms with Gasteiger partial charge in [-0.2, -0.15) is 0 Å². The zero-order valence-electron chi connectivity index (χ0n) is 20.8. The summed E-state index contributed by atoms with van der Waals surface area (Å²) < 4.78 is 0. The summed E-state index contributed by atoms with van der Waals surface area (Å²) in [6.07, 6.45) is 11.3. The van der Waals surface area contributed by atoms with Crippen LogP contribution in [0.5, 0.6) is 0 Å². The van der Waals surface area contributed by atoms with Crippen molar-refractivity contribution in [2.75, 3.05) is 0 Å². The van der Waals surface area contributed by atoms with Gasteiger partial charge in [0.2, 0.25) is 0 Å². The van der Waals surface area contributed by atoms with E-state index in [1.54, 1.807) is 11.1 Å². The zero-order valence-corrected chi connectivity index (χ0v) is 20.8. The molecule has 0 fully saturated rings. The van der Waals surface area contributed by atoms with Gasteiger partial charge in [0.05, 0.1) is 0 Å². The molecule has 0 aromatic heterocycles. The van der Waals surface area contributed by atoms with Crippen LogP contribution in [0.25, 0.3) is 0 Å². The predicted molar refractivity (Wildman–Crippen MR) is 124 cm³/mol. The molecular formula is C27H50. The van der Waals surface area contributed by atoms with Gasteiger partial charge >= 0.3 is 0 Å². The van der Waals surface area contributed by atoms with E-state index in [1.165, 1.54) is 32.1 Å². The SMILES string of the molecule is CC(C)(C)C1=C(C(C)(C)C)CCC1.CC(C)(C)C1CC=CCC1C(C)(C)C. The molecule has 0 spiro atoms. The van der Waals surface area contributed by atoms with Crippen LogP contribution in [0.4, 0.5) is 0 Å². The summed E-state index contributed by atoms with van der Waals surface area (Å²) in [5, 5.41) is 0. The first-order valence-corrected chi connectivity index (χ1v) is 11.3. The topological polar surface area (TPSA) is 0 Å². The second kappa shape index (κ2) is 8.46. The van der Waals surface area contributed by atoms with Crippen molar-refractivity contribution in [1.82, 2.24) is 0 Å². The molecule has 0 bridgehead atoms. The Kier molecular flexibility index (Phi) is 7.68. The van der Waals surface area contributed by atoms with Gasteiger partial charge in [0.15, 0.2) is 0 Å². The summed E-state index contributed by atoms with van der Waals surface area (Å²) in [7, 11) is 0. The number of allylic oxidation sites excluding steroid dienone is 4. The van der Waals surface area contributed by atoms with E-state index in [0.717, 1.165) is 11.8 Å². The van der Waals surface area contributed by atoms with Crippen LogP contribution in [0.1, 0.15) is 115 Å². The number of rotatable bonds is 0. The highest BCUT2D eigenvalue weighted by molar-refractivity contribution is 5.28. The van der Waals surface area contributed by atoms with Crippen molar-refractivity contribution >= 4 is 0 Å². The van der Waals surface area contributed by atoms with Crippen molar-refractivity contribution in [3.8, 4) is 0 Å². The molecule has 158 valence electrons. The van der Waals surface area contributed by atoms with Gasteiger partial charge in [-0.1, -0.05) is 106 Å². The minimum atomic E-state index is 0.388. The average Bonchev–Trinajstić information content (AvgIpc) is 2.96. The second-order valence-corrected chi connectivity index (χ2v) is 13.2. The molecule has 0 amide bonds. The molecule has 27 heavy (non-hydrogen) atoms. The lowest BCUT2D eigenvalue weighted by Gasteiger charge is -2.45. The van der Waals surface area contributed by atoms with Crippen LogP contribution in [0, 0.1) is 33.5 Å². The molecule has 0 N–H and O–H groups in total. The van der Waals surface area contributed by atoms with Crippen molar-refractivity contribution in [2.24, 2.45) is 33.5 Å². The van der Waals surface area contributed by atoms with Gasteiger partial charge in [-0.05, 0) is 65.6 Å². The molecule has 0 radical (unpaired) electrons. The van der Waals surface area contributed by atoms with Crippen LogP contribution >= 0.6 is 0 Å². The van der Waals surface area contributed by atoms with Crippen LogP contribution in [0.3, 0.4) is 0 Å². The summed E-state index contributed by atoms with van der Waals surface area (Å²) in [4.78, 5) is 0.